The fourth-order valence-electron chi connectivity index (χ4n) is 1.30. The van der Waals surface area contributed by atoms with Crippen LogP contribution < -0.4 is 0 Å². The van der Waals surface area contributed by atoms with Crippen molar-refractivity contribution in [3.8, 4) is 0 Å². The molecule has 0 atom stereocenters. The first kappa shape index (κ1) is 15.9. The number of allylic oxidation sites excluding steroid dienone is 3. The Kier molecular flexibility index (Phi) is 4.06. The molecule has 0 fully saturated rings. The van der Waals surface area contributed by atoms with Crippen LogP contribution in [-0.4, -0.2) is 25.4 Å². The summed E-state index contributed by atoms with van der Waals surface area (Å²) in [5.74, 6) is -0.705. The smallest absolute Gasteiger partial charge is 0.289 e. The van der Waals surface area contributed by atoms with Crippen LogP contribution in [0, 0.1) is 0 Å². The third-order valence-electron chi connectivity index (χ3n) is 2.32. The van der Waals surface area contributed by atoms with Gasteiger partial charge in [0.2, 0.25) is 0 Å². The van der Waals surface area contributed by atoms with Gasteiger partial charge in [-0.2, -0.15) is 26.0 Å². The van der Waals surface area contributed by atoms with Crippen molar-refractivity contribution in [3.05, 3.63) is 33.4 Å². The number of carbonyl (C=O) groups excluding carboxylic acids is 1. The molecule has 108 valence electrons. The predicted octanol–water partition coefficient (Wildman–Crippen LogP) is 2.39. The number of carbonyl (C=O) groups is 1. The molecule has 0 N–H and O–H groups in total. The average Bonchev–Trinajstić information content (AvgIpc) is 2.30. The van der Waals surface area contributed by atoms with E-state index in [1.54, 1.807) is 0 Å². The van der Waals surface area contributed by atoms with Crippen LogP contribution in [0.25, 0.3) is 10.4 Å². The van der Waals surface area contributed by atoms with Gasteiger partial charge in [0.15, 0.2) is 5.78 Å². The second-order valence-corrected chi connectivity index (χ2v) is 5.31. The van der Waals surface area contributed by atoms with Gasteiger partial charge in [0.25, 0.3) is 0 Å². The van der Waals surface area contributed by atoms with Crippen molar-refractivity contribution in [3.63, 3.8) is 0 Å². The number of sulfonamides is 1. The topological polar surface area (TPSA) is 112 Å². The Morgan fingerprint density at radius 3 is 2.30 bits per heavy atom. The van der Waals surface area contributed by atoms with E-state index < -0.39 is 32.7 Å². The first-order chi connectivity index (χ1) is 9.01. The van der Waals surface area contributed by atoms with Crippen LogP contribution in [0.4, 0.5) is 13.2 Å². The molecule has 0 heterocycles. The van der Waals surface area contributed by atoms with Gasteiger partial charge in [0.05, 0.1) is 11.4 Å². The summed E-state index contributed by atoms with van der Waals surface area (Å²) in [6, 6.07) is 0. The molecule has 0 saturated heterocycles. The van der Waals surface area contributed by atoms with Gasteiger partial charge in [-0.05, 0) is 36.6 Å². The van der Waals surface area contributed by atoms with Crippen LogP contribution >= 0.6 is 0 Å². The molecule has 1 aliphatic carbocycles. The number of nitrogens with zero attached hydrogens (tertiary/aromatic N) is 4. The lowest BCUT2D eigenvalue weighted by atomic mass is 9.96. The predicted molar refractivity (Wildman–Crippen MR) is 63.0 cm³/mol. The number of halogens is 3. The molecule has 0 aromatic carbocycles. The van der Waals surface area contributed by atoms with Gasteiger partial charge in [-0.25, -0.2) is 0 Å². The standard InChI is InChI=1S/C9H7F3N4O3S/c1-4-3-6(15-20(18,19)9(10,11)12)5(2)7(8(4)17)14-16-13/h3H,1-2H3. The van der Waals surface area contributed by atoms with E-state index in [0.717, 1.165) is 13.0 Å². The molecule has 0 bridgehead atoms. The Morgan fingerprint density at radius 1 is 1.30 bits per heavy atom. The van der Waals surface area contributed by atoms with E-state index in [9.17, 15) is 26.4 Å². The molecular weight excluding hydrogens is 301 g/mol. The molecule has 0 aromatic heterocycles. The summed E-state index contributed by atoms with van der Waals surface area (Å²) in [6.45, 7) is 2.37. The molecule has 0 aromatic rings. The van der Waals surface area contributed by atoms with E-state index >= 15 is 0 Å². The zero-order valence-electron chi connectivity index (χ0n) is 10.1. The van der Waals surface area contributed by atoms with Crippen molar-refractivity contribution in [1.29, 1.82) is 0 Å². The van der Waals surface area contributed by atoms with Crippen LogP contribution in [0.1, 0.15) is 13.8 Å². The lowest BCUT2D eigenvalue weighted by Gasteiger charge is -2.14. The first-order valence-electron chi connectivity index (χ1n) is 4.92. The van der Waals surface area contributed by atoms with Gasteiger partial charge in [-0.15, -0.1) is 0 Å². The van der Waals surface area contributed by atoms with Crippen LogP contribution in [0.2, 0.25) is 0 Å². The molecule has 1 rings (SSSR count). The Balaban J connectivity index is 3.54. The van der Waals surface area contributed by atoms with Gasteiger partial charge >= 0.3 is 15.5 Å². The summed E-state index contributed by atoms with van der Waals surface area (Å²) >= 11 is 0. The normalized spacial score (nSPS) is 18.9. The molecule has 0 radical (unpaired) electrons. The minimum absolute atomic E-state index is 0.0888. The van der Waals surface area contributed by atoms with E-state index in [0.29, 0.717) is 0 Å². The maximum atomic E-state index is 12.3. The second-order valence-electron chi connectivity index (χ2n) is 3.72. The van der Waals surface area contributed by atoms with Crippen LogP contribution in [0.15, 0.2) is 32.4 Å². The number of Topliss-reactive ketones (excluding diaryl/α,β-unsaturated/α-hetero) is 1. The number of alkyl halides is 3. The van der Waals surface area contributed by atoms with Crippen LogP contribution in [-0.2, 0) is 14.8 Å². The molecule has 1 aliphatic rings. The van der Waals surface area contributed by atoms with Crippen LogP contribution in [0.3, 0.4) is 0 Å². The molecule has 0 saturated carbocycles. The molecular formula is C9H7F3N4O3S. The minimum Gasteiger partial charge on any atom is -0.289 e. The van der Waals surface area contributed by atoms with E-state index in [1.165, 1.54) is 6.92 Å². The highest BCUT2D eigenvalue weighted by Gasteiger charge is 2.46. The largest absolute Gasteiger partial charge is 0.518 e. The van der Waals surface area contributed by atoms with E-state index in [2.05, 4.69) is 14.4 Å². The van der Waals surface area contributed by atoms with Crippen molar-refractivity contribution >= 4 is 21.5 Å². The van der Waals surface area contributed by atoms with E-state index in [4.69, 9.17) is 5.53 Å². The maximum absolute atomic E-state index is 12.3. The van der Waals surface area contributed by atoms with Crippen molar-refractivity contribution in [1.82, 2.24) is 0 Å². The summed E-state index contributed by atoms with van der Waals surface area (Å²) in [6.07, 6.45) is 0.886. The van der Waals surface area contributed by atoms with Crippen molar-refractivity contribution in [2.24, 2.45) is 9.51 Å². The molecule has 0 amide bonds. The highest BCUT2D eigenvalue weighted by Crippen LogP contribution is 2.27. The second kappa shape index (κ2) is 5.10. The average molecular weight is 308 g/mol. The van der Waals surface area contributed by atoms with Crippen molar-refractivity contribution < 1.29 is 26.4 Å². The quantitative estimate of drug-likeness (QED) is 0.338. The monoisotopic (exact) mass is 308 g/mol. The van der Waals surface area contributed by atoms with Gasteiger partial charge in [0, 0.05) is 4.91 Å². The molecule has 20 heavy (non-hydrogen) atoms. The number of ketones is 1. The summed E-state index contributed by atoms with van der Waals surface area (Å²) in [5.41, 5.74) is 1.34. The molecule has 0 unspecified atom stereocenters. The lowest BCUT2D eigenvalue weighted by molar-refractivity contribution is -0.112. The van der Waals surface area contributed by atoms with E-state index in [1.807, 2.05) is 0 Å². The summed E-state index contributed by atoms with van der Waals surface area (Å²) in [7, 11) is -5.75. The SMILES string of the molecule is CC1=CC(=NS(=O)(=O)C(F)(F)F)C(C)=C(N=[N+]=[N-])C1=O. The number of hydrogen-bond donors (Lipinski definition) is 0. The molecule has 0 aliphatic heterocycles. The summed E-state index contributed by atoms with van der Waals surface area (Å²) < 4.78 is 61.3. The molecule has 0 spiro atoms. The van der Waals surface area contributed by atoms with Gasteiger partial charge in [-0.3, -0.25) is 4.79 Å². The first-order valence-corrected chi connectivity index (χ1v) is 6.36. The Bertz CT molecular complexity index is 709. The van der Waals surface area contributed by atoms with Gasteiger partial charge in [0.1, 0.15) is 0 Å². The number of hydrogen-bond acceptors (Lipinski definition) is 4. The fourth-order valence-corrected chi connectivity index (χ4v) is 1.85. The summed E-state index contributed by atoms with van der Waals surface area (Å²) in [4.78, 5) is 14.0. The Labute approximate surface area is 111 Å². The van der Waals surface area contributed by atoms with Crippen molar-refractivity contribution in [2.75, 3.05) is 0 Å². The minimum atomic E-state index is -5.75. The molecule has 11 heteroatoms. The third-order valence-corrected chi connectivity index (χ3v) is 3.34. The fraction of sp³-hybridized carbons (Fsp3) is 0.333. The van der Waals surface area contributed by atoms with Gasteiger partial charge in [-0.1, -0.05) is 5.11 Å². The van der Waals surface area contributed by atoms with Gasteiger partial charge < -0.3 is 0 Å². The highest BCUT2D eigenvalue weighted by molar-refractivity contribution is 7.91. The van der Waals surface area contributed by atoms with Crippen molar-refractivity contribution in [2.45, 2.75) is 19.4 Å². The third kappa shape index (κ3) is 2.89. The highest BCUT2D eigenvalue weighted by atomic mass is 32.2. The van der Waals surface area contributed by atoms with E-state index in [-0.39, 0.29) is 11.1 Å². The number of rotatable bonds is 2. The Hall–Kier alpha value is -2.13. The number of azide groups is 1. The Morgan fingerprint density at radius 2 is 1.85 bits per heavy atom. The maximum Gasteiger partial charge on any atom is 0.518 e. The zero-order chi connectivity index (χ0) is 15.7. The summed E-state index contributed by atoms with van der Waals surface area (Å²) in [5, 5.41) is 3.05. The molecule has 7 nitrogen and oxygen atoms in total. The zero-order valence-corrected chi connectivity index (χ0v) is 10.9. The lowest BCUT2D eigenvalue weighted by Crippen LogP contribution is -2.24. The van der Waals surface area contributed by atoms with Crippen LogP contribution in [0.5, 0.6) is 0 Å².